The van der Waals surface area contributed by atoms with Gasteiger partial charge in [-0.2, -0.15) is 5.26 Å². The van der Waals surface area contributed by atoms with Crippen molar-refractivity contribution in [2.45, 2.75) is 19.4 Å². The van der Waals surface area contributed by atoms with Gasteiger partial charge >= 0.3 is 0 Å². The van der Waals surface area contributed by atoms with Gasteiger partial charge in [0.1, 0.15) is 11.9 Å². The third kappa shape index (κ3) is 2.74. The molecule has 0 radical (unpaired) electrons. The number of aryl methyl sites for hydroxylation is 1. The van der Waals surface area contributed by atoms with Crippen molar-refractivity contribution in [2.24, 2.45) is 0 Å². The summed E-state index contributed by atoms with van der Waals surface area (Å²) in [5.74, 6) is 0.733. The molecule has 0 aromatic carbocycles. The third-order valence-electron chi connectivity index (χ3n) is 2.86. The first-order chi connectivity index (χ1) is 8.41. The van der Waals surface area contributed by atoms with Crippen molar-refractivity contribution in [3.8, 4) is 6.07 Å². The highest BCUT2D eigenvalue weighted by Crippen LogP contribution is 2.25. The van der Waals surface area contributed by atoms with Crippen LogP contribution in [0.4, 0.5) is 5.82 Å². The van der Waals surface area contributed by atoms with Crippen molar-refractivity contribution < 1.29 is 8.42 Å². The molecule has 0 bridgehead atoms. The zero-order chi connectivity index (χ0) is 13.3. The minimum atomic E-state index is -2.94. The molecule has 2 rings (SSSR count). The summed E-state index contributed by atoms with van der Waals surface area (Å²) in [6.45, 7) is 1.71. The van der Waals surface area contributed by atoms with Crippen LogP contribution in [0.15, 0.2) is 6.07 Å². The Hall–Kier alpha value is -1.32. The van der Waals surface area contributed by atoms with E-state index in [4.69, 9.17) is 16.9 Å². The number of nitrogens with zero attached hydrogens (tertiary/aromatic N) is 2. The van der Waals surface area contributed by atoms with Crippen molar-refractivity contribution in [1.82, 2.24) is 4.98 Å². The van der Waals surface area contributed by atoms with Crippen molar-refractivity contribution >= 4 is 27.3 Å². The van der Waals surface area contributed by atoms with Crippen LogP contribution in [0.25, 0.3) is 0 Å². The van der Waals surface area contributed by atoms with E-state index in [-0.39, 0.29) is 17.5 Å². The first kappa shape index (κ1) is 13.1. The van der Waals surface area contributed by atoms with E-state index in [9.17, 15) is 8.42 Å². The lowest BCUT2D eigenvalue weighted by Gasteiger charge is -2.13. The van der Waals surface area contributed by atoms with Gasteiger partial charge in [0.25, 0.3) is 0 Å². The number of rotatable bonds is 2. The summed E-state index contributed by atoms with van der Waals surface area (Å²) in [5, 5.41) is 12.2. The highest BCUT2D eigenvalue weighted by Gasteiger charge is 2.28. The van der Waals surface area contributed by atoms with Gasteiger partial charge in [0.2, 0.25) is 0 Å². The molecule has 2 heterocycles. The zero-order valence-corrected chi connectivity index (χ0v) is 11.3. The smallest absolute Gasteiger partial charge is 0.152 e. The lowest BCUT2D eigenvalue weighted by molar-refractivity contribution is 0.602. The molecular weight excluding hydrogens is 274 g/mol. The lowest BCUT2D eigenvalue weighted by atomic mass is 10.2. The van der Waals surface area contributed by atoms with Crippen LogP contribution in [-0.2, 0) is 9.84 Å². The number of sulfone groups is 1. The fourth-order valence-corrected chi connectivity index (χ4v) is 3.78. The zero-order valence-electron chi connectivity index (χ0n) is 9.77. The molecule has 1 saturated heterocycles. The van der Waals surface area contributed by atoms with Gasteiger partial charge in [-0.3, -0.25) is 0 Å². The van der Waals surface area contributed by atoms with Crippen molar-refractivity contribution in [3.63, 3.8) is 0 Å². The Labute approximate surface area is 111 Å². The first-order valence-electron chi connectivity index (χ1n) is 5.45. The predicted octanol–water partition coefficient (Wildman–Crippen LogP) is 1.51. The van der Waals surface area contributed by atoms with E-state index in [1.54, 1.807) is 6.92 Å². The number of anilines is 1. The van der Waals surface area contributed by atoms with E-state index < -0.39 is 9.84 Å². The summed E-state index contributed by atoms with van der Waals surface area (Å²) in [6, 6.07) is 3.38. The van der Waals surface area contributed by atoms with E-state index in [0.29, 0.717) is 28.5 Å². The molecule has 1 aliphatic rings. The quantitative estimate of drug-likeness (QED) is 0.890. The summed E-state index contributed by atoms with van der Waals surface area (Å²) < 4.78 is 22.7. The van der Waals surface area contributed by atoms with E-state index >= 15 is 0 Å². The number of hydrogen-bond acceptors (Lipinski definition) is 5. The number of nitrogens with one attached hydrogen (secondary N) is 1. The Balaban J connectivity index is 2.21. The molecule has 0 spiro atoms. The maximum absolute atomic E-state index is 11.3. The summed E-state index contributed by atoms with van der Waals surface area (Å²) in [5.41, 5.74) is 0.995. The number of pyridine rings is 1. The Bertz CT molecular complexity index is 622. The molecule has 1 aromatic heterocycles. The molecule has 18 heavy (non-hydrogen) atoms. The largest absolute Gasteiger partial charge is 0.365 e. The molecule has 1 fully saturated rings. The van der Waals surface area contributed by atoms with Gasteiger partial charge in [-0.15, -0.1) is 0 Å². The van der Waals surface area contributed by atoms with Crippen LogP contribution in [0, 0.1) is 18.3 Å². The Morgan fingerprint density at radius 3 is 2.89 bits per heavy atom. The molecule has 1 aliphatic heterocycles. The van der Waals surface area contributed by atoms with Gasteiger partial charge in [-0.1, -0.05) is 11.6 Å². The fraction of sp³-hybridized carbons (Fsp3) is 0.455. The van der Waals surface area contributed by atoms with Gasteiger partial charge in [-0.25, -0.2) is 13.4 Å². The van der Waals surface area contributed by atoms with E-state index in [0.717, 1.165) is 0 Å². The second-order valence-corrected chi connectivity index (χ2v) is 6.94. The van der Waals surface area contributed by atoms with Crippen molar-refractivity contribution in [1.29, 1.82) is 5.26 Å². The molecule has 0 amide bonds. The molecule has 1 N–H and O–H groups in total. The summed E-state index contributed by atoms with van der Waals surface area (Å²) in [4.78, 5) is 4.19. The topological polar surface area (TPSA) is 82.8 Å². The lowest BCUT2D eigenvalue weighted by Crippen LogP contribution is -2.21. The van der Waals surface area contributed by atoms with Crippen LogP contribution in [0.3, 0.4) is 0 Å². The summed E-state index contributed by atoms with van der Waals surface area (Å²) in [6.07, 6.45) is 0.555. The molecule has 0 aliphatic carbocycles. The van der Waals surface area contributed by atoms with Crippen molar-refractivity contribution in [3.05, 3.63) is 22.3 Å². The highest BCUT2D eigenvalue weighted by molar-refractivity contribution is 7.91. The Morgan fingerprint density at radius 1 is 1.61 bits per heavy atom. The molecule has 7 heteroatoms. The maximum atomic E-state index is 11.3. The summed E-state index contributed by atoms with van der Waals surface area (Å²) >= 11 is 6.00. The second-order valence-electron chi connectivity index (χ2n) is 4.31. The van der Waals surface area contributed by atoms with Crippen LogP contribution < -0.4 is 5.32 Å². The first-order valence-corrected chi connectivity index (χ1v) is 7.65. The average Bonchev–Trinajstić information content (AvgIpc) is 2.63. The van der Waals surface area contributed by atoms with Gasteiger partial charge in [0.05, 0.1) is 27.8 Å². The van der Waals surface area contributed by atoms with E-state index in [1.165, 1.54) is 6.07 Å². The molecular formula is C11H12ClN3O2S. The Kier molecular flexibility index (Phi) is 3.46. The molecule has 5 nitrogen and oxygen atoms in total. The maximum Gasteiger partial charge on any atom is 0.152 e. The van der Waals surface area contributed by atoms with Crippen LogP contribution in [-0.4, -0.2) is 30.9 Å². The number of nitriles is 1. The summed E-state index contributed by atoms with van der Waals surface area (Å²) in [7, 11) is -2.94. The van der Waals surface area contributed by atoms with Gasteiger partial charge < -0.3 is 5.32 Å². The highest BCUT2D eigenvalue weighted by atomic mass is 35.5. The SMILES string of the molecule is Cc1nc(N[C@H]2CCS(=O)(=O)C2)c(Cl)cc1C#N. The standard InChI is InChI=1S/C11H12ClN3O2S/c1-7-8(5-13)4-10(12)11(14-7)15-9-2-3-18(16,17)6-9/h4,9H,2-3,6H2,1H3,(H,14,15)/t9-/m0/s1. The monoisotopic (exact) mass is 285 g/mol. The van der Waals surface area contributed by atoms with Gasteiger partial charge in [-0.05, 0) is 19.4 Å². The second kappa shape index (κ2) is 4.75. The molecule has 1 atom stereocenters. The minimum Gasteiger partial charge on any atom is -0.365 e. The minimum absolute atomic E-state index is 0.101. The molecule has 0 saturated carbocycles. The Morgan fingerprint density at radius 2 is 2.33 bits per heavy atom. The van der Waals surface area contributed by atoms with Gasteiger partial charge in [0.15, 0.2) is 9.84 Å². The number of halogens is 1. The predicted molar refractivity (Wildman–Crippen MR) is 69.4 cm³/mol. The number of hydrogen-bond donors (Lipinski definition) is 1. The normalized spacial score (nSPS) is 21.5. The molecule has 96 valence electrons. The third-order valence-corrected chi connectivity index (χ3v) is 4.92. The van der Waals surface area contributed by atoms with Gasteiger partial charge in [0, 0.05) is 6.04 Å². The van der Waals surface area contributed by atoms with Crippen LogP contribution >= 0.6 is 11.6 Å². The fourth-order valence-electron chi connectivity index (χ4n) is 1.90. The van der Waals surface area contributed by atoms with Crippen LogP contribution in [0.5, 0.6) is 0 Å². The molecule has 1 aromatic rings. The molecule has 0 unspecified atom stereocenters. The van der Waals surface area contributed by atoms with Crippen LogP contribution in [0.1, 0.15) is 17.7 Å². The van der Waals surface area contributed by atoms with Crippen LogP contribution in [0.2, 0.25) is 5.02 Å². The van der Waals surface area contributed by atoms with E-state index in [1.807, 2.05) is 6.07 Å². The number of aromatic nitrogens is 1. The average molecular weight is 286 g/mol. The van der Waals surface area contributed by atoms with E-state index in [2.05, 4.69) is 10.3 Å². The van der Waals surface area contributed by atoms with Crippen molar-refractivity contribution in [2.75, 3.05) is 16.8 Å².